The highest BCUT2D eigenvalue weighted by atomic mass is 16.2. The zero-order chi connectivity index (χ0) is 13.8. The number of unbranched alkanes of at least 4 members (excludes halogenated alkanes) is 1. The van der Waals surface area contributed by atoms with Crippen LogP contribution in [-0.2, 0) is 0 Å². The van der Waals surface area contributed by atoms with Crippen molar-refractivity contribution in [3.8, 4) is 11.4 Å². The number of anilines is 1. The van der Waals surface area contributed by atoms with E-state index >= 15 is 0 Å². The van der Waals surface area contributed by atoms with Gasteiger partial charge in [0.1, 0.15) is 0 Å². The molecule has 5 nitrogen and oxygen atoms in total. The van der Waals surface area contributed by atoms with Crippen molar-refractivity contribution in [3.63, 3.8) is 0 Å². The normalized spacial score (nSPS) is 10.6. The Kier molecular flexibility index (Phi) is 3.94. The maximum Gasteiger partial charge on any atom is 0.250 e. The van der Waals surface area contributed by atoms with Gasteiger partial charge in [-0.05, 0) is 13.3 Å². The van der Waals surface area contributed by atoms with Gasteiger partial charge in [0.25, 0.3) is 0 Å². The van der Waals surface area contributed by atoms with Crippen LogP contribution in [0.1, 0.15) is 36.5 Å². The van der Waals surface area contributed by atoms with E-state index < -0.39 is 0 Å². The number of nitrogens with two attached hydrogens (primary N) is 1. The Hall–Kier alpha value is -2.17. The van der Waals surface area contributed by atoms with Crippen LogP contribution in [0.3, 0.4) is 0 Å². The number of aromatic nitrogens is 3. The molecule has 0 aliphatic heterocycles. The highest BCUT2D eigenvalue weighted by molar-refractivity contribution is 5.81. The van der Waals surface area contributed by atoms with Crippen molar-refractivity contribution in [1.29, 1.82) is 0 Å². The predicted octanol–water partition coefficient (Wildman–Crippen LogP) is 2.67. The minimum atomic E-state index is -0.106. The number of nitrogen functional groups attached to an aromatic ring is 1. The quantitative estimate of drug-likeness (QED) is 0.915. The number of hydrogen-bond acceptors (Lipinski definition) is 4. The third-order valence-electron chi connectivity index (χ3n) is 2.92. The van der Waals surface area contributed by atoms with E-state index in [0.717, 1.165) is 24.0 Å². The number of nitrogens with zero attached hydrogens (tertiary/aromatic N) is 3. The van der Waals surface area contributed by atoms with Crippen molar-refractivity contribution in [3.05, 3.63) is 29.8 Å². The van der Waals surface area contributed by atoms with E-state index in [2.05, 4.69) is 10.1 Å². The summed E-state index contributed by atoms with van der Waals surface area (Å²) in [6, 6.07) is 7.80. The molecule has 5 heteroatoms. The van der Waals surface area contributed by atoms with Gasteiger partial charge in [0.2, 0.25) is 11.9 Å². The molecule has 0 unspecified atom stereocenters. The van der Waals surface area contributed by atoms with E-state index in [1.807, 2.05) is 38.1 Å². The van der Waals surface area contributed by atoms with E-state index in [1.165, 1.54) is 4.68 Å². The molecule has 1 aromatic heterocycles. The molecule has 100 valence electrons. The number of hydrogen-bond donors (Lipinski definition) is 1. The van der Waals surface area contributed by atoms with Gasteiger partial charge in [-0.15, -0.1) is 5.10 Å². The first-order valence-electron chi connectivity index (χ1n) is 6.44. The number of carbonyl (C=O) groups is 1. The van der Waals surface area contributed by atoms with Crippen LogP contribution < -0.4 is 5.73 Å². The van der Waals surface area contributed by atoms with Crippen LogP contribution in [0, 0.1) is 6.92 Å². The van der Waals surface area contributed by atoms with Crippen molar-refractivity contribution >= 4 is 11.9 Å². The fourth-order valence-electron chi connectivity index (χ4n) is 1.77. The molecule has 0 aliphatic rings. The van der Waals surface area contributed by atoms with Crippen LogP contribution in [0.15, 0.2) is 24.3 Å². The van der Waals surface area contributed by atoms with Crippen molar-refractivity contribution in [2.45, 2.75) is 33.1 Å². The lowest BCUT2D eigenvalue weighted by Gasteiger charge is -1.99. The average Bonchev–Trinajstić information content (AvgIpc) is 2.79. The molecule has 0 amide bonds. The topological polar surface area (TPSA) is 73.8 Å². The summed E-state index contributed by atoms with van der Waals surface area (Å²) in [6.07, 6.45) is 2.24. The summed E-state index contributed by atoms with van der Waals surface area (Å²) in [5.41, 5.74) is 7.77. The van der Waals surface area contributed by atoms with Crippen LogP contribution in [0.4, 0.5) is 5.95 Å². The Morgan fingerprint density at radius 2 is 2.00 bits per heavy atom. The minimum Gasteiger partial charge on any atom is -0.368 e. The van der Waals surface area contributed by atoms with E-state index in [0.29, 0.717) is 12.2 Å². The molecule has 0 radical (unpaired) electrons. The van der Waals surface area contributed by atoms with Gasteiger partial charge in [-0.2, -0.15) is 9.67 Å². The van der Waals surface area contributed by atoms with Crippen molar-refractivity contribution in [2.75, 3.05) is 5.73 Å². The summed E-state index contributed by atoms with van der Waals surface area (Å²) in [6.45, 7) is 4.05. The first-order valence-corrected chi connectivity index (χ1v) is 6.44. The van der Waals surface area contributed by atoms with Crippen molar-refractivity contribution in [2.24, 2.45) is 0 Å². The van der Waals surface area contributed by atoms with Gasteiger partial charge in [0, 0.05) is 12.0 Å². The molecule has 0 aliphatic carbocycles. The Labute approximate surface area is 112 Å². The molecule has 0 bridgehead atoms. The molecule has 2 N–H and O–H groups in total. The van der Waals surface area contributed by atoms with E-state index in [1.54, 1.807) is 0 Å². The highest BCUT2D eigenvalue weighted by Gasteiger charge is 2.14. The van der Waals surface area contributed by atoms with E-state index in [-0.39, 0.29) is 11.9 Å². The molecule has 2 aromatic rings. The Balaban J connectivity index is 2.25. The molecular weight excluding hydrogens is 240 g/mol. The van der Waals surface area contributed by atoms with E-state index in [4.69, 9.17) is 5.73 Å². The predicted molar refractivity (Wildman–Crippen MR) is 74.8 cm³/mol. The molecule has 2 rings (SSSR count). The molecule has 0 saturated carbocycles. The molecular formula is C14H18N4O. The monoisotopic (exact) mass is 258 g/mol. The summed E-state index contributed by atoms with van der Waals surface area (Å²) in [5, 5.41) is 4.19. The summed E-state index contributed by atoms with van der Waals surface area (Å²) in [4.78, 5) is 16.1. The minimum absolute atomic E-state index is 0.106. The van der Waals surface area contributed by atoms with Gasteiger partial charge in [0.15, 0.2) is 5.82 Å². The molecule has 0 saturated heterocycles. The second kappa shape index (κ2) is 5.65. The molecule has 19 heavy (non-hydrogen) atoms. The molecule has 0 atom stereocenters. The van der Waals surface area contributed by atoms with Gasteiger partial charge in [-0.1, -0.05) is 43.2 Å². The number of carbonyl (C=O) groups excluding carboxylic acids is 1. The average molecular weight is 258 g/mol. The molecule has 1 aromatic carbocycles. The van der Waals surface area contributed by atoms with Crippen LogP contribution in [0.5, 0.6) is 0 Å². The molecule has 0 spiro atoms. The number of benzene rings is 1. The smallest absolute Gasteiger partial charge is 0.250 e. The first kappa shape index (κ1) is 13.3. The van der Waals surface area contributed by atoms with Crippen molar-refractivity contribution < 1.29 is 4.79 Å². The van der Waals surface area contributed by atoms with Gasteiger partial charge in [-0.3, -0.25) is 4.79 Å². The lowest BCUT2D eigenvalue weighted by atomic mass is 10.1. The highest BCUT2D eigenvalue weighted by Crippen LogP contribution is 2.17. The van der Waals surface area contributed by atoms with Gasteiger partial charge in [0.05, 0.1) is 0 Å². The maximum atomic E-state index is 11.9. The SMILES string of the molecule is CCCCC(=O)n1nc(-c2ccc(C)cc2)nc1N. The summed E-state index contributed by atoms with van der Waals surface area (Å²) >= 11 is 0. The van der Waals surface area contributed by atoms with Crippen LogP contribution in [-0.4, -0.2) is 20.7 Å². The Bertz CT molecular complexity index is 572. The lowest BCUT2D eigenvalue weighted by Crippen LogP contribution is -2.14. The first-order chi connectivity index (χ1) is 9.11. The number of aryl methyl sites for hydroxylation is 1. The maximum absolute atomic E-state index is 11.9. The summed E-state index contributed by atoms with van der Waals surface area (Å²) in [5.74, 6) is 0.532. The zero-order valence-electron chi connectivity index (χ0n) is 11.3. The van der Waals surface area contributed by atoms with Gasteiger partial charge < -0.3 is 5.73 Å². The third kappa shape index (κ3) is 2.99. The third-order valence-corrected chi connectivity index (χ3v) is 2.92. The fourth-order valence-corrected chi connectivity index (χ4v) is 1.77. The Morgan fingerprint density at radius 3 is 2.63 bits per heavy atom. The second-order valence-corrected chi connectivity index (χ2v) is 4.57. The summed E-state index contributed by atoms with van der Waals surface area (Å²) in [7, 11) is 0. The van der Waals surface area contributed by atoms with Crippen LogP contribution >= 0.6 is 0 Å². The van der Waals surface area contributed by atoms with Crippen molar-refractivity contribution in [1.82, 2.24) is 14.8 Å². The van der Waals surface area contributed by atoms with Crippen LogP contribution in [0.25, 0.3) is 11.4 Å². The van der Waals surface area contributed by atoms with E-state index in [9.17, 15) is 4.79 Å². The molecule has 1 heterocycles. The Morgan fingerprint density at radius 1 is 1.32 bits per heavy atom. The fraction of sp³-hybridized carbons (Fsp3) is 0.357. The number of rotatable bonds is 4. The summed E-state index contributed by atoms with van der Waals surface area (Å²) < 4.78 is 1.20. The molecule has 0 fully saturated rings. The zero-order valence-corrected chi connectivity index (χ0v) is 11.3. The standard InChI is InChI=1S/C14H18N4O/c1-3-4-5-12(19)18-14(15)16-13(17-18)11-8-6-10(2)7-9-11/h6-9H,3-5H2,1-2H3,(H2,15,16,17). The second-order valence-electron chi connectivity index (χ2n) is 4.57. The lowest BCUT2D eigenvalue weighted by molar-refractivity contribution is 0.0887. The van der Waals surface area contributed by atoms with Gasteiger partial charge >= 0.3 is 0 Å². The van der Waals surface area contributed by atoms with Gasteiger partial charge in [-0.25, -0.2) is 0 Å². The van der Waals surface area contributed by atoms with Crippen LogP contribution in [0.2, 0.25) is 0 Å². The largest absolute Gasteiger partial charge is 0.368 e.